The van der Waals surface area contributed by atoms with Crippen molar-refractivity contribution in [3.8, 4) is 0 Å². The van der Waals surface area contributed by atoms with Gasteiger partial charge >= 0.3 is 0 Å². The molecule has 0 aliphatic rings. The van der Waals surface area contributed by atoms with E-state index in [1.165, 1.54) is 0 Å². The molecule has 0 aliphatic heterocycles. The van der Waals surface area contributed by atoms with Gasteiger partial charge in [-0.1, -0.05) is 36.4 Å². The molecule has 0 unspecified atom stereocenters. The van der Waals surface area contributed by atoms with E-state index in [4.69, 9.17) is 5.26 Å². The molecule has 1 N–H and O–H groups in total. The van der Waals surface area contributed by atoms with Gasteiger partial charge < -0.3 is 0 Å². The van der Waals surface area contributed by atoms with Crippen molar-refractivity contribution in [2.45, 2.75) is 25.4 Å². The third-order valence-electron chi connectivity index (χ3n) is 2.41. The van der Waals surface area contributed by atoms with Crippen LogP contribution in [-0.4, -0.2) is 5.26 Å². The van der Waals surface area contributed by atoms with Gasteiger partial charge in [-0.05, 0) is 25.3 Å². The minimum atomic E-state index is -0.630. The third kappa shape index (κ3) is 2.44. The second-order valence-corrected chi connectivity index (χ2v) is 3.52. The number of allylic oxidation sites excluding steroid dienone is 1. The fraction of sp³-hybridized carbons (Fsp3) is 0.333. The highest BCUT2D eigenvalue weighted by Crippen LogP contribution is 2.29. The Morgan fingerprint density at radius 2 is 2.07 bits per heavy atom. The standard InChI is InChI=1S/C12H16O2/c1-3-4-10-12(2,14-13)11-8-6-5-7-9-11/h3,5-9,13H,1,4,10H2,2H3/t12-/m1/s1. The van der Waals surface area contributed by atoms with Crippen LogP contribution in [0.15, 0.2) is 43.0 Å². The summed E-state index contributed by atoms with van der Waals surface area (Å²) >= 11 is 0. The Morgan fingerprint density at radius 3 is 2.57 bits per heavy atom. The number of hydrogen-bond donors (Lipinski definition) is 1. The Labute approximate surface area is 84.8 Å². The minimum absolute atomic E-state index is 0.630. The van der Waals surface area contributed by atoms with Crippen LogP contribution in [0.3, 0.4) is 0 Å². The summed E-state index contributed by atoms with van der Waals surface area (Å²) in [5.41, 5.74) is 0.347. The van der Waals surface area contributed by atoms with Gasteiger partial charge in [-0.25, -0.2) is 4.89 Å². The summed E-state index contributed by atoms with van der Waals surface area (Å²) in [7, 11) is 0. The summed E-state index contributed by atoms with van der Waals surface area (Å²) in [6.45, 7) is 5.52. The van der Waals surface area contributed by atoms with Gasteiger partial charge in [-0.2, -0.15) is 0 Å². The van der Waals surface area contributed by atoms with Crippen molar-refractivity contribution in [3.05, 3.63) is 48.6 Å². The maximum Gasteiger partial charge on any atom is 0.126 e. The van der Waals surface area contributed by atoms with Crippen molar-refractivity contribution >= 4 is 0 Å². The quantitative estimate of drug-likeness (QED) is 0.440. The lowest BCUT2D eigenvalue weighted by molar-refractivity contribution is -0.325. The maximum absolute atomic E-state index is 8.93. The highest BCUT2D eigenvalue weighted by Gasteiger charge is 2.26. The normalized spacial score (nSPS) is 14.7. The molecule has 0 spiro atoms. The van der Waals surface area contributed by atoms with Crippen molar-refractivity contribution in [3.63, 3.8) is 0 Å². The van der Waals surface area contributed by atoms with E-state index in [-0.39, 0.29) is 0 Å². The van der Waals surface area contributed by atoms with Gasteiger partial charge in [0, 0.05) is 0 Å². The van der Waals surface area contributed by atoms with Gasteiger partial charge in [0.25, 0.3) is 0 Å². The third-order valence-corrected chi connectivity index (χ3v) is 2.41. The fourth-order valence-corrected chi connectivity index (χ4v) is 1.41. The maximum atomic E-state index is 8.93. The van der Waals surface area contributed by atoms with E-state index in [0.29, 0.717) is 0 Å². The molecule has 1 aromatic carbocycles. The molecule has 0 aromatic heterocycles. The molecule has 0 aliphatic carbocycles. The van der Waals surface area contributed by atoms with Crippen LogP contribution in [0.5, 0.6) is 0 Å². The van der Waals surface area contributed by atoms with Crippen LogP contribution in [0, 0.1) is 0 Å². The van der Waals surface area contributed by atoms with Crippen molar-refractivity contribution in [1.82, 2.24) is 0 Å². The molecule has 14 heavy (non-hydrogen) atoms. The van der Waals surface area contributed by atoms with Gasteiger partial charge in [-0.15, -0.1) is 6.58 Å². The van der Waals surface area contributed by atoms with E-state index in [1.807, 2.05) is 43.3 Å². The average molecular weight is 192 g/mol. The zero-order valence-corrected chi connectivity index (χ0v) is 8.44. The number of rotatable bonds is 5. The number of hydrogen-bond acceptors (Lipinski definition) is 2. The van der Waals surface area contributed by atoms with E-state index in [2.05, 4.69) is 11.5 Å². The van der Waals surface area contributed by atoms with Crippen molar-refractivity contribution in [2.75, 3.05) is 0 Å². The average Bonchev–Trinajstić information content (AvgIpc) is 2.27. The lowest BCUT2D eigenvalue weighted by Crippen LogP contribution is -2.24. The highest BCUT2D eigenvalue weighted by molar-refractivity contribution is 5.21. The van der Waals surface area contributed by atoms with Crippen LogP contribution >= 0.6 is 0 Å². The Morgan fingerprint density at radius 1 is 1.43 bits per heavy atom. The van der Waals surface area contributed by atoms with Crippen molar-refractivity contribution in [1.29, 1.82) is 0 Å². The summed E-state index contributed by atoms with van der Waals surface area (Å²) in [5, 5.41) is 8.93. The molecule has 0 amide bonds. The summed E-state index contributed by atoms with van der Waals surface area (Å²) in [5.74, 6) is 0. The predicted molar refractivity (Wildman–Crippen MR) is 56.9 cm³/mol. The van der Waals surface area contributed by atoms with Gasteiger partial charge in [0.05, 0.1) is 0 Å². The highest BCUT2D eigenvalue weighted by atomic mass is 17.1. The van der Waals surface area contributed by atoms with Crippen LogP contribution in [0.4, 0.5) is 0 Å². The molecular formula is C12H16O2. The summed E-state index contributed by atoms with van der Waals surface area (Å²) in [6.07, 6.45) is 3.35. The Kier molecular flexibility index (Phi) is 3.86. The van der Waals surface area contributed by atoms with Gasteiger partial charge in [0.15, 0.2) is 0 Å². The van der Waals surface area contributed by atoms with E-state index in [0.717, 1.165) is 18.4 Å². The molecule has 0 bridgehead atoms. The lowest BCUT2D eigenvalue weighted by atomic mass is 9.91. The first-order valence-corrected chi connectivity index (χ1v) is 4.72. The largest absolute Gasteiger partial charge is 0.251 e. The van der Waals surface area contributed by atoms with Crippen LogP contribution in [0.25, 0.3) is 0 Å². The summed E-state index contributed by atoms with van der Waals surface area (Å²) < 4.78 is 0. The second-order valence-electron chi connectivity index (χ2n) is 3.52. The Bertz CT molecular complexity index is 282. The second kappa shape index (κ2) is 4.94. The Hall–Kier alpha value is -1.12. The molecule has 1 aromatic rings. The lowest BCUT2D eigenvalue weighted by Gasteiger charge is -2.25. The molecule has 76 valence electrons. The number of benzene rings is 1. The van der Waals surface area contributed by atoms with E-state index in [1.54, 1.807) is 0 Å². The van der Waals surface area contributed by atoms with E-state index >= 15 is 0 Å². The van der Waals surface area contributed by atoms with Crippen molar-refractivity contribution < 1.29 is 10.1 Å². The first kappa shape index (κ1) is 11.0. The van der Waals surface area contributed by atoms with Crippen LogP contribution in [0.1, 0.15) is 25.3 Å². The molecule has 0 heterocycles. The topological polar surface area (TPSA) is 29.5 Å². The first-order chi connectivity index (χ1) is 6.73. The van der Waals surface area contributed by atoms with Crippen LogP contribution in [0.2, 0.25) is 0 Å². The first-order valence-electron chi connectivity index (χ1n) is 4.72. The molecule has 2 nitrogen and oxygen atoms in total. The summed E-state index contributed by atoms with van der Waals surface area (Å²) in [4.78, 5) is 4.58. The van der Waals surface area contributed by atoms with Gasteiger partial charge in [-0.3, -0.25) is 5.26 Å². The van der Waals surface area contributed by atoms with Crippen molar-refractivity contribution in [2.24, 2.45) is 0 Å². The Balaban J connectivity index is 2.84. The van der Waals surface area contributed by atoms with Gasteiger partial charge in [0.2, 0.25) is 0 Å². The molecule has 0 fully saturated rings. The summed E-state index contributed by atoms with van der Waals surface area (Å²) in [6, 6.07) is 9.69. The smallest absolute Gasteiger partial charge is 0.126 e. The van der Waals surface area contributed by atoms with Crippen LogP contribution < -0.4 is 0 Å². The van der Waals surface area contributed by atoms with E-state index < -0.39 is 5.60 Å². The zero-order chi connectivity index (χ0) is 10.4. The van der Waals surface area contributed by atoms with Crippen LogP contribution in [-0.2, 0) is 10.5 Å². The minimum Gasteiger partial charge on any atom is -0.251 e. The SMILES string of the molecule is C=CCC[C@@](C)(OO)c1ccccc1. The van der Waals surface area contributed by atoms with Gasteiger partial charge in [0.1, 0.15) is 5.60 Å². The molecule has 0 saturated carbocycles. The zero-order valence-electron chi connectivity index (χ0n) is 8.44. The predicted octanol–water partition coefficient (Wildman–Crippen LogP) is 3.36. The molecule has 0 saturated heterocycles. The molecule has 1 rings (SSSR count). The van der Waals surface area contributed by atoms with E-state index in [9.17, 15) is 0 Å². The molecule has 0 radical (unpaired) electrons. The fourth-order valence-electron chi connectivity index (χ4n) is 1.41. The monoisotopic (exact) mass is 192 g/mol. The molecule has 2 heteroatoms. The molecule has 1 atom stereocenters. The molecular weight excluding hydrogens is 176 g/mol.